The van der Waals surface area contributed by atoms with Crippen LogP contribution in [0, 0.1) is 6.92 Å². The lowest BCUT2D eigenvalue weighted by Gasteiger charge is -2.08. The topological polar surface area (TPSA) is 94.0 Å². The van der Waals surface area contributed by atoms with Crippen LogP contribution in [0.1, 0.15) is 11.1 Å². The highest BCUT2D eigenvalue weighted by atomic mass is 32.2. The van der Waals surface area contributed by atoms with Crippen molar-refractivity contribution in [3.63, 3.8) is 0 Å². The number of aryl methyl sites for hydroxylation is 1. The van der Waals surface area contributed by atoms with E-state index in [-0.39, 0.29) is 5.75 Å². The van der Waals surface area contributed by atoms with Crippen LogP contribution in [0.4, 0.5) is 0 Å². The molecule has 0 saturated carbocycles. The summed E-state index contributed by atoms with van der Waals surface area (Å²) in [5.41, 5.74) is 2.96. The molecule has 0 aliphatic heterocycles. The first-order valence-electron chi connectivity index (χ1n) is 9.24. The van der Waals surface area contributed by atoms with Gasteiger partial charge < -0.3 is 9.52 Å². The number of benzene rings is 2. The number of thioether (sulfide) groups is 1. The van der Waals surface area contributed by atoms with Crippen LogP contribution in [0.2, 0.25) is 0 Å². The van der Waals surface area contributed by atoms with Gasteiger partial charge >= 0.3 is 5.63 Å². The van der Waals surface area contributed by atoms with Crippen molar-refractivity contribution in [2.24, 2.45) is 0 Å². The normalized spacial score (nSPS) is 11.4. The van der Waals surface area contributed by atoms with Crippen molar-refractivity contribution < 1.29 is 9.52 Å². The molecule has 3 aromatic heterocycles. The van der Waals surface area contributed by atoms with Gasteiger partial charge in [-0.2, -0.15) is 5.10 Å². The molecule has 0 amide bonds. The fraction of sp³-hybridized carbons (Fsp3) is 0.0909. The fourth-order valence-electron chi connectivity index (χ4n) is 3.38. The van der Waals surface area contributed by atoms with Gasteiger partial charge in [-0.25, -0.2) is 19.4 Å². The van der Waals surface area contributed by atoms with Crippen LogP contribution in [-0.4, -0.2) is 24.9 Å². The van der Waals surface area contributed by atoms with Crippen LogP contribution in [0.15, 0.2) is 75.3 Å². The second kappa shape index (κ2) is 7.31. The molecule has 0 saturated heterocycles. The number of fused-ring (bicyclic) bond motifs is 2. The SMILES string of the molecule is Cc1c(O)ccc2c(CSc3ncnc4c3cnn4-c3ccccc3)cc(=O)oc12. The predicted octanol–water partition coefficient (Wildman–Crippen LogP) is 4.23. The number of hydrogen-bond acceptors (Lipinski definition) is 7. The first kappa shape index (κ1) is 18.4. The molecule has 5 aromatic rings. The van der Waals surface area contributed by atoms with Crippen molar-refractivity contribution in [3.05, 3.63) is 82.6 Å². The van der Waals surface area contributed by atoms with Gasteiger partial charge in [-0.15, -0.1) is 11.8 Å². The standard InChI is InChI=1S/C22H16N4O3S/c1-13-18(27)8-7-16-14(9-19(28)29-20(13)16)11-30-22-17-10-25-26(21(17)23-12-24-22)15-5-3-2-4-6-15/h2-10,12,27H,11H2,1H3. The molecule has 7 nitrogen and oxygen atoms in total. The van der Waals surface area contributed by atoms with Crippen LogP contribution in [0.25, 0.3) is 27.7 Å². The molecule has 5 rings (SSSR count). The Morgan fingerprint density at radius 3 is 2.77 bits per heavy atom. The zero-order valence-electron chi connectivity index (χ0n) is 15.9. The van der Waals surface area contributed by atoms with Crippen molar-refractivity contribution >= 4 is 33.8 Å². The number of hydrogen-bond donors (Lipinski definition) is 1. The molecule has 2 aromatic carbocycles. The third kappa shape index (κ3) is 3.11. The third-order valence-electron chi connectivity index (χ3n) is 4.91. The van der Waals surface area contributed by atoms with Crippen molar-refractivity contribution in [2.45, 2.75) is 17.7 Å². The molecule has 148 valence electrons. The van der Waals surface area contributed by atoms with Gasteiger partial charge in [0.2, 0.25) is 0 Å². The number of para-hydroxylation sites is 1. The molecule has 0 bridgehead atoms. The summed E-state index contributed by atoms with van der Waals surface area (Å²) in [4.78, 5) is 20.9. The number of rotatable bonds is 4. The Labute approximate surface area is 175 Å². The summed E-state index contributed by atoms with van der Waals surface area (Å²) in [7, 11) is 0. The van der Waals surface area contributed by atoms with Gasteiger partial charge in [0.15, 0.2) is 5.65 Å². The number of phenolic OH excluding ortho intramolecular Hbond substituents is 1. The maximum atomic E-state index is 12.1. The number of aromatic nitrogens is 4. The van der Waals surface area contributed by atoms with Crippen molar-refractivity contribution in [1.82, 2.24) is 19.7 Å². The molecular weight excluding hydrogens is 400 g/mol. The number of phenols is 1. The Bertz CT molecular complexity index is 1440. The summed E-state index contributed by atoms with van der Waals surface area (Å²) in [6, 6.07) is 14.6. The largest absolute Gasteiger partial charge is 0.508 e. The van der Waals surface area contributed by atoms with Gasteiger partial charge in [-0.1, -0.05) is 18.2 Å². The van der Waals surface area contributed by atoms with Gasteiger partial charge in [0.1, 0.15) is 22.7 Å². The summed E-state index contributed by atoms with van der Waals surface area (Å²) >= 11 is 1.50. The van der Waals surface area contributed by atoms with E-state index in [4.69, 9.17) is 4.42 Å². The Morgan fingerprint density at radius 2 is 1.93 bits per heavy atom. The molecule has 3 heterocycles. The van der Waals surface area contributed by atoms with E-state index in [2.05, 4.69) is 15.1 Å². The van der Waals surface area contributed by atoms with Crippen LogP contribution in [0.5, 0.6) is 5.75 Å². The molecule has 8 heteroatoms. The Hall–Kier alpha value is -3.65. The lowest BCUT2D eigenvalue weighted by Crippen LogP contribution is -2.01. The van der Waals surface area contributed by atoms with Gasteiger partial charge in [0, 0.05) is 22.8 Å². The monoisotopic (exact) mass is 416 g/mol. The average molecular weight is 416 g/mol. The van der Waals surface area contributed by atoms with Crippen molar-refractivity contribution in [1.29, 1.82) is 0 Å². The van der Waals surface area contributed by atoms with E-state index in [1.54, 1.807) is 29.9 Å². The van der Waals surface area contributed by atoms with Gasteiger partial charge in [-0.3, -0.25) is 0 Å². The highest BCUT2D eigenvalue weighted by Crippen LogP contribution is 2.32. The first-order valence-corrected chi connectivity index (χ1v) is 10.2. The van der Waals surface area contributed by atoms with Crippen molar-refractivity contribution in [3.8, 4) is 11.4 Å². The van der Waals surface area contributed by atoms with Crippen molar-refractivity contribution in [2.75, 3.05) is 0 Å². The van der Waals surface area contributed by atoms with Crippen LogP contribution >= 0.6 is 11.8 Å². The zero-order chi connectivity index (χ0) is 20.7. The molecule has 0 atom stereocenters. The molecule has 0 fully saturated rings. The summed E-state index contributed by atoms with van der Waals surface area (Å²) in [5, 5.41) is 16.8. The van der Waals surface area contributed by atoms with E-state index in [1.165, 1.54) is 24.2 Å². The maximum absolute atomic E-state index is 12.1. The Balaban J connectivity index is 1.53. The molecule has 0 aliphatic carbocycles. The summed E-state index contributed by atoms with van der Waals surface area (Å²) in [6.07, 6.45) is 3.27. The lowest BCUT2D eigenvalue weighted by atomic mass is 10.1. The maximum Gasteiger partial charge on any atom is 0.336 e. The van der Waals surface area contributed by atoms with Gasteiger partial charge in [-0.05, 0) is 36.8 Å². The Morgan fingerprint density at radius 1 is 1.10 bits per heavy atom. The molecule has 0 radical (unpaired) electrons. The summed E-state index contributed by atoms with van der Waals surface area (Å²) in [5.74, 6) is 0.607. The second-order valence-corrected chi connectivity index (χ2v) is 7.74. The van der Waals surface area contributed by atoms with Crippen LogP contribution in [0.3, 0.4) is 0 Å². The number of nitrogens with zero attached hydrogens (tertiary/aromatic N) is 4. The predicted molar refractivity (Wildman–Crippen MR) is 115 cm³/mol. The summed E-state index contributed by atoms with van der Waals surface area (Å²) < 4.78 is 7.10. The smallest absolute Gasteiger partial charge is 0.336 e. The molecule has 30 heavy (non-hydrogen) atoms. The van der Waals surface area contributed by atoms with E-state index in [0.717, 1.165) is 32.7 Å². The fourth-order valence-corrected chi connectivity index (χ4v) is 4.33. The van der Waals surface area contributed by atoms with Crippen LogP contribution in [-0.2, 0) is 5.75 Å². The summed E-state index contributed by atoms with van der Waals surface area (Å²) in [6.45, 7) is 1.73. The minimum Gasteiger partial charge on any atom is -0.508 e. The first-order chi connectivity index (χ1) is 14.6. The van der Waals surface area contributed by atoms with E-state index in [0.29, 0.717) is 16.9 Å². The van der Waals surface area contributed by atoms with Gasteiger partial charge in [0.25, 0.3) is 0 Å². The second-order valence-electron chi connectivity index (χ2n) is 6.77. The molecule has 0 aliphatic rings. The van der Waals surface area contributed by atoms with E-state index in [1.807, 2.05) is 30.3 Å². The number of aromatic hydroxyl groups is 1. The highest BCUT2D eigenvalue weighted by Gasteiger charge is 2.14. The minimum atomic E-state index is -0.448. The highest BCUT2D eigenvalue weighted by molar-refractivity contribution is 7.98. The molecular formula is C22H16N4O3S. The quantitative estimate of drug-likeness (QED) is 0.266. The van der Waals surface area contributed by atoms with E-state index < -0.39 is 5.63 Å². The third-order valence-corrected chi connectivity index (χ3v) is 5.97. The van der Waals surface area contributed by atoms with Gasteiger partial charge in [0.05, 0.1) is 17.3 Å². The molecule has 0 spiro atoms. The minimum absolute atomic E-state index is 0.0984. The Kier molecular flexibility index (Phi) is 4.48. The molecule has 0 unspecified atom stereocenters. The molecule has 1 N–H and O–H groups in total. The lowest BCUT2D eigenvalue weighted by molar-refractivity contribution is 0.468. The van der Waals surface area contributed by atoms with E-state index >= 15 is 0 Å². The van der Waals surface area contributed by atoms with E-state index in [9.17, 15) is 9.90 Å². The van der Waals surface area contributed by atoms with Crippen LogP contribution < -0.4 is 5.63 Å². The zero-order valence-corrected chi connectivity index (χ0v) is 16.8. The average Bonchev–Trinajstić information content (AvgIpc) is 3.20.